The standard InChI is InChI=1S/C15H19NO3/c1-11-7-12(17-2)8-13(18-3)14(11)15(5-4-6-16)9-19-10-15/h7-8H,4-5,9-10H2,1-3H3. The Morgan fingerprint density at radius 2 is 2.05 bits per heavy atom. The Morgan fingerprint density at radius 3 is 2.53 bits per heavy atom. The van der Waals surface area contributed by atoms with Gasteiger partial charge >= 0.3 is 0 Å². The molecule has 4 nitrogen and oxygen atoms in total. The Bertz CT molecular complexity index is 501. The van der Waals surface area contributed by atoms with Crippen molar-refractivity contribution in [2.24, 2.45) is 0 Å². The van der Waals surface area contributed by atoms with Crippen LogP contribution in [0.15, 0.2) is 12.1 Å². The molecule has 0 atom stereocenters. The Kier molecular flexibility index (Phi) is 3.96. The quantitative estimate of drug-likeness (QED) is 0.817. The fourth-order valence-electron chi connectivity index (χ4n) is 2.74. The molecule has 0 spiro atoms. The van der Waals surface area contributed by atoms with E-state index in [2.05, 4.69) is 6.07 Å². The topological polar surface area (TPSA) is 51.5 Å². The number of hydrogen-bond acceptors (Lipinski definition) is 4. The van der Waals surface area contributed by atoms with E-state index in [1.54, 1.807) is 14.2 Å². The second-order valence-electron chi connectivity index (χ2n) is 4.95. The van der Waals surface area contributed by atoms with Gasteiger partial charge in [0.2, 0.25) is 0 Å². The van der Waals surface area contributed by atoms with Crippen LogP contribution in [0, 0.1) is 18.3 Å². The number of aryl methyl sites for hydroxylation is 1. The zero-order chi connectivity index (χ0) is 13.9. The molecular weight excluding hydrogens is 242 g/mol. The molecule has 1 aromatic rings. The van der Waals surface area contributed by atoms with Gasteiger partial charge in [-0.2, -0.15) is 5.26 Å². The van der Waals surface area contributed by atoms with Gasteiger partial charge < -0.3 is 14.2 Å². The van der Waals surface area contributed by atoms with Gasteiger partial charge in [-0.1, -0.05) is 0 Å². The molecule has 2 rings (SSSR count). The number of hydrogen-bond donors (Lipinski definition) is 0. The summed E-state index contributed by atoms with van der Waals surface area (Å²) < 4.78 is 16.2. The summed E-state index contributed by atoms with van der Waals surface area (Å²) in [5.41, 5.74) is 2.19. The zero-order valence-corrected chi connectivity index (χ0v) is 11.7. The van der Waals surface area contributed by atoms with Crippen molar-refractivity contribution in [1.82, 2.24) is 0 Å². The first kappa shape index (κ1) is 13.7. The SMILES string of the molecule is COc1cc(C)c(C2(CCC#N)COC2)c(OC)c1. The molecule has 1 fully saturated rings. The van der Waals surface area contributed by atoms with E-state index in [4.69, 9.17) is 19.5 Å². The van der Waals surface area contributed by atoms with E-state index in [-0.39, 0.29) is 5.41 Å². The fourth-order valence-corrected chi connectivity index (χ4v) is 2.74. The molecule has 1 heterocycles. The monoisotopic (exact) mass is 261 g/mol. The van der Waals surface area contributed by atoms with E-state index in [1.165, 1.54) is 0 Å². The summed E-state index contributed by atoms with van der Waals surface area (Å²) in [7, 11) is 3.31. The molecule has 0 saturated carbocycles. The van der Waals surface area contributed by atoms with Crippen LogP contribution in [0.4, 0.5) is 0 Å². The summed E-state index contributed by atoms with van der Waals surface area (Å²) in [6.07, 6.45) is 1.32. The maximum Gasteiger partial charge on any atom is 0.126 e. The van der Waals surface area contributed by atoms with Crippen molar-refractivity contribution in [3.63, 3.8) is 0 Å². The molecule has 1 saturated heterocycles. The number of methoxy groups -OCH3 is 2. The van der Waals surface area contributed by atoms with E-state index in [9.17, 15) is 0 Å². The minimum Gasteiger partial charge on any atom is -0.497 e. The number of rotatable bonds is 5. The Balaban J connectivity index is 2.45. The third-order valence-corrected chi connectivity index (χ3v) is 3.73. The molecule has 1 aliphatic rings. The second kappa shape index (κ2) is 5.50. The van der Waals surface area contributed by atoms with Crippen LogP contribution in [0.5, 0.6) is 11.5 Å². The summed E-state index contributed by atoms with van der Waals surface area (Å²) in [4.78, 5) is 0. The Hall–Kier alpha value is -1.73. The van der Waals surface area contributed by atoms with Crippen molar-refractivity contribution in [2.75, 3.05) is 27.4 Å². The van der Waals surface area contributed by atoms with Crippen molar-refractivity contribution in [2.45, 2.75) is 25.2 Å². The average Bonchev–Trinajstić information content (AvgIpc) is 2.38. The van der Waals surface area contributed by atoms with Crippen LogP contribution in [0.1, 0.15) is 24.0 Å². The molecule has 102 valence electrons. The van der Waals surface area contributed by atoms with Crippen LogP contribution in [0.3, 0.4) is 0 Å². The third kappa shape index (κ3) is 2.39. The van der Waals surface area contributed by atoms with Gasteiger partial charge in [0.25, 0.3) is 0 Å². The predicted molar refractivity (Wildman–Crippen MR) is 71.6 cm³/mol. The van der Waals surface area contributed by atoms with Crippen molar-refractivity contribution in [3.8, 4) is 17.6 Å². The lowest BCUT2D eigenvalue weighted by Gasteiger charge is -2.43. The minimum absolute atomic E-state index is 0.0859. The summed E-state index contributed by atoms with van der Waals surface area (Å²) >= 11 is 0. The van der Waals surface area contributed by atoms with E-state index < -0.39 is 0 Å². The highest BCUT2D eigenvalue weighted by Crippen LogP contribution is 2.44. The van der Waals surface area contributed by atoms with Crippen molar-refractivity contribution >= 4 is 0 Å². The minimum atomic E-state index is -0.0859. The smallest absolute Gasteiger partial charge is 0.126 e. The highest BCUT2D eigenvalue weighted by atomic mass is 16.5. The van der Waals surface area contributed by atoms with Crippen LogP contribution < -0.4 is 9.47 Å². The van der Waals surface area contributed by atoms with Crippen LogP contribution in [-0.4, -0.2) is 27.4 Å². The third-order valence-electron chi connectivity index (χ3n) is 3.73. The molecule has 0 bridgehead atoms. The summed E-state index contributed by atoms with van der Waals surface area (Å²) in [6, 6.07) is 6.12. The Morgan fingerprint density at radius 1 is 1.32 bits per heavy atom. The highest BCUT2D eigenvalue weighted by Gasteiger charge is 2.43. The first-order valence-electron chi connectivity index (χ1n) is 6.34. The number of benzene rings is 1. The van der Waals surface area contributed by atoms with Gasteiger partial charge in [-0.05, 0) is 25.0 Å². The van der Waals surface area contributed by atoms with Crippen LogP contribution in [-0.2, 0) is 10.2 Å². The maximum atomic E-state index is 8.83. The largest absolute Gasteiger partial charge is 0.497 e. The van der Waals surface area contributed by atoms with Gasteiger partial charge in [-0.3, -0.25) is 0 Å². The van der Waals surface area contributed by atoms with E-state index in [0.29, 0.717) is 19.6 Å². The summed E-state index contributed by atoms with van der Waals surface area (Å²) in [5.74, 6) is 1.60. The van der Waals surface area contributed by atoms with Crippen molar-refractivity contribution in [3.05, 3.63) is 23.3 Å². The lowest BCUT2D eigenvalue weighted by atomic mass is 9.73. The molecule has 0 N–H and O–H groups in total. The molecule has 0 aliphatic carbocycles. The zero-order valence-electron chi connectivity index (χ0n) is 11.7. The van der Waals surface area contributed by atoms with Crippen LogP contribution in [0.25, 0.3) is 0 Å². The lowest BCUT2D eigenvalue weighted by Crippen LogP contribution is -2.47. The molecule has 0 amide bonds. The lowest BCUT2D eigenvalue weighted by molar-refractivity contribution is -0.0649. The molecule has 1 aliphatic heterocycles. The molecule has 0 aromatic heterocycles. The first-order chi connectivity index (χ1) is 9.16. The molecule has 4 heteroatoms. The number of ether oxygens (including phenoxy) is 3. The van der Waals surface area contributed by atoms with Gasteiger partial charge in [-0.25, -0.2) is 0 Å². The van der Waals surface area contributed by atoms with Gasteiger partial charge in [0.15, 0.2) is 0 Å². The summed E-state index contributed by atoms with van der Waals surface area (Å²) in [5, 5.41) is 8.83. The predicted octanol–water partition coefficient (Wildman–Crippen LogP) is 2.58. The molecule has 0 unspecified atom stereocenters. The van der Waals surface area contributed by atoms with Gasteiger partial charge in [-0.15, -0.1) is 0 Å². The molecule has 19 heavy (non-hydrogen) atoms. The molecular formula is C15H19NO3. The van der Waals surface area contributed by atoms with Crippen molar-refractivity contribution < 1.29 is 14.2 Å². The average molecular weight is 261 g/mol. The summed E-state index contributed by atoms with van der Waals surface area (Å²) in [6.45, 7) is 3.35. The van der Waals surface area contributed by atoms with Crippen LogP contribution >= 0.6 is 0 Å². The second-order valence-corrected chi connectivity index (χ2v) is 4.95. The number of nitriles is 1. The maximum absolute atomic E-state index is 8.83. The van der Waals surface area contributed by atoms with Crippen molar-refractivity contribution in [1.29, 1.82) is 5.26 Å². The van der Waals surface area contributed by atoms with Gasteiger partial charge in [0.05, 0.1) is 33.5 Å². The molecule has 0 radical (unpaired) electrons. The highest BCUT2D eigenvalue weighted by molar-refractivity contribution is 5.51. The number of nitrogens with zero attached hydrogens (tertiary/aromatic N) is 1. The Labute approximate surface area is 113 Å². The first-order valence-corrected chi connectivity index (χ1v) is 6.34. The van der Waals surface area contributed by atoms with E-state index >= 15 is 0 Å². The normalized spacial score (nSPS) is 16.3. The fraction of sp³-hybridized carbons (Fsp3) is 0.533. The van der Waals surface area contributed by atoms with Crippen LogP contribution in [0.2, 0.25) is 0 Å². The van der Waals surface area contributed by atoms with Gasteiger partial charge in [0, 0.05) is 23.5 Å². The van der Waals surface area contributed by atoms with Gasteiger partial charge in [0.1, 0.15) is 11.5 Å². The van der Waals surface area contributed by atoms with E-state index in [0.717, 1.165) is 29.0 Å². The van der Waals surface area contributed by atoms with E-state index in [1.807, 2.05) is 19.1 Å². The molecule has 1 aromatic carbocycles.